The maximum atomic E-state index is 5.00. The lowest BCUT2D eigenvalue weighted by Crippen LogP contribution is -1.85. The molecule has 0 aliphatic rings. The lowest BCUT2D eigenvalue weighted by Gasteiger charge is -1.98. The summed E-state index contributed by atoms with van der Waals surface area (Å²) >= 11 is 0. The van der Waals surface area contributed by atoms with Crippen molar-refractivity contribution in [3.05, 3.63) is 42.2 Å². The third-order valence-corrected chi connectivity index (χ3v) is 2.21. The van der Waals surface area contributed by atoms with Gasteiger partial charge in [-0.3, -0.25) is 0 Å². The van der Waals surface area contributed by atoms with Crippen molar-refractivity contribution in [2.75, 3.05) is 0 Å². The van der Waals surface area contributed by atoms with Gasteiger partial charge in [0.25, 0.3) is 0 Å². The van der Waals surface area contributed by atoms with Crippen LogP contribution in [0.4, 0.5) is 0 Å². The van der Waals surface area contributed by atoms with Gasteiger partial charge >= 0.3 is 0 Å². The second kappa shape index (κ2) is 4.09. The summed E-state index contributed by atoms with van der Waals surface area (Å²) < 4.78 is 5.00. The Morgan fingerprint density at radius 3 is 2.71 bits per heavy atom. The average molecular weight is 187 g/mol. The molecule has 14 heavy (non-hydrogen) atoms. The SMILES string of the molecule is CCCc1conc1-c1ccccc1. The molecule has 0 aliphatic heterocycles. The van der Waals surface area contributed by atoms with Gasteiger partial charge < -0.3 is 4.52 Å². The second-order valence-electron chi connectivity index (χ2n) is 3.30. The normalized spacial score (nSPS) is 10.4. The molecule has 72 valence electrons. The molecule has 1 heterocycles. The highest BCUT2D eigenvalue weighted by molar-refractivity contribution is 5.61. The van der Waals surface area contributed by atoms with E-state index in [9.17, 15) is 0 Å². The van der Waals surface area contributed by atoms with Crippen molar-refractivity contribution in [3.63, 3.8) is 0 Å². The number of hydrogen-bond acceptors (Lipinski definition) is 2. The average Bonchev–Trinajstić information content (AvgIpc) is 2.68. The number of aryl methyl sites for hydroxylation is 1. The standard InChI is InChI=1S/C12H13NO/c1-2-6-11-9-14-13-12(11)10-7-4-3-5-8-10/h3-5,7-9H,2,6H2,1H3. The summed E-state index contributed by atoms with van der Waals surface area (Å²) in [7, 11) is 0. The molecule has 0 radical (unpaired) electrons. The van der Waals surface area contributed by atoms with E-state index < -0.39 is 0 Å². The van der Waals surface area contributed by atoms with Gasteiger partial charge in [-0.05, 0) is 6.42 Å². The quantitative estimate of drug-likeness (QED) is 0.736. The molecule has 0 amide bonds. The highest BCUT2D eigenvalue weighted by atomic mass is 16.5. The van der Waals surface area contributed by atoms with Gasteiger partial charge in [-0.1, -0.05) is 48.8 Å². The third-order valence-electron chi connectivity index (χ3n) is 2.21. The van der Waals surface area contributed by atoms with E-state index in [1.807, 2.05) is 18.2 Å². The number of benzene rings is 1. The van der Waals surface area contributed by atoms with Crippen molar-refractivity contribution in [1.29, 1.82) is 0 Å². The monoisotopic (exact) mass is 187 g/mol. The van der Waals surface area contributed by atoms with Crippen LogP contribution in [0, 0.1) is 0 Å². The molecular formula is C12H13NO. The van der Waals surface area contributed by atoms with Crippen molar-refractivity contribution >= 4 is 0 Å². The molecule has 0 atom stereocenters. The van der Waals surface area contributed by atoms with Crippen LogP contribution in [-0.2, 0) is 6.42 Å². The lowest BCUT2D eigenvalue weighted by molar-refractivity contribution is 0.421. The summed E-state index contributed by atoms with van der Waals surface area (Å²) in [5.74, 6) is 0. The molecule has 2 rings (SSSR count). The third kappa shape index (κ3) is 1.69. The second-order valence-corrected chi connectivity index (χ2v) is 3.30. The predicted molar refractivity (Wildman–Crippen MR) is 55.9 cm³/mol. The van der Waals surface area contributed by atoms with Crippen molar-refractivity contribution in [1.82, 2.24) is 5.16 Å². The fourth-order valence-electron chi connectivity index (χ4n) is 1.54. The summed E-state index contributed by atoms with van der Waals surface area (Å²) in [4.78, 5) is 0. The summed E-state index contributed by atoms with van der Waals surface area (Å²) in [5, 5.41) is 4.03. The molecule has 0 saturated carbocycles. The molecule has 1 aromatic heterocycles. The Bertz CT molecular complexity index is 392. The van der Waals surface area contributed by atoms with Crippen LogP contribution in [0.25, 0.3) is 11.3 Å². The molecule has 0 saturated heterocycles. The molecule has 2 heteroatoms. The summed E-state index contributed by atoms with van der Waals surface area (Å²) in [6.07, 6.45) is 3.88. The minimum atomic E-state index is 0.979. The van der Waals surface area contributed by atoms with E-state index in [4.69, 9.17) is 4.52 Å². The van der Waals surface area contributed by atoms with Gasteiger partial charge in [0.05, 0.1) is 0 Å². The van der Waals surface area contributed by atoms with Crippen LogP contribution < -0.4 is 0 Å². The van der Waals surface area contributed by atoms with Gasteiger partial charge in [0.1, 0.15) is 12.0 Å². The maximum absolute atomic E-state index is 5.00. The summed E-state index contributed by atoms with van der Waals surface area (Å²) in [5.41, 5.74) is 3.30. The molecule has 2 nitrogen and oxygen atoms in total. The molecule has 0 fully saturated rings. The number of aromatic nitrogens is 1. The zero-order valence-corrected chi connectivity index (χ0v) is 8.23. The minimum Gasteiger partial charge on any atom is -0.364 e. The van der Waals surface area contributed by atoms with E-state index >= 15 is 0 Å². The minimum absolute atomic E-state index is 0.979. The first kappa shape index (κ1) is 9.00. The van der Waals surface area contributed by atoms with Gasteiger partial charge in [-0.15, -0.1) is 0 Å². The van der Waals surface area contributed by atoms with Gasteiger partial charge in [0, 0.05) is 11.1 Å². The fraction of sp³-hybridized carbons (Fsp3) is 0.250. The number of hydrogen-bond donors (Lipinski definition) is 0. The molecule has 0 aliphatic carbocycles. The van der Waals surface area contributed by atoms with E-state index in [0.717, 1.165) is 24.1 Å². The first-order valence-electron chi connectivity index (χ1n) is 4.90. The van der Waals surface area contributed by atoms with E-state index in [2.05, 4.69) is 24.2 Å². The molecule has 1 aromatic carbocycles. The van der Waals surface area contributed by atoms with Crippen molar-refractivity contribution in [3.8, 4) is 11.3 Å². The van der Waals surface area contributed by atoms with Gasteiger partial charge in [-0.25, -0.2) is 0 Å². The number of rotatable bonds is 3. The predicted octanol–water partition coefficient (Wildman–Crippen LogP) is 3.29. The molecule has 0 unspecified atom stereocenters. The van der Waals surface area contributed by atoms with E-state index in [0.29, 0.717) is 0 Å². The zero-order chi connectivity index (χ0) is 9.80. The maximum Gasteiger partial charge on any atom is 0.127 e. The van der Waals surface area contributed by atoms with Crippen LogP contribution in [-0.4, -0.2) is 5.16 Å². The highest BCUT2D eigenvalue weighted by Gasteiger charge is 2.07. The van der Waals surface area contributed by atoms with Crippen molar-refractivity contribution < 1.29 is 4.52 Å². The topological polar surface area (TPSA) is 26.0 Å². The Labute approximate surface area is 83.5 Å². The Balaban J connectivity index is 2.37. The highest BCUT2D eigenvalue weighted by Crippen LogP contribution is 2.22. The van der Waals surface area contributed by atoms with Gasteiger partial charge in [-0.2, -0.15) is 0 Å². The molecule has 0 N–H and O–H groups in total. The van der Waals surface area contributed by atoms with Crippen LogP contribution in [0.15, 0.2) is 41.1 Å². The van der Waals surface area contributed by atoms with E-state index in [-0.39, 0.29) is 0 Å². The first-order chi connectivity index (χ1) is 6.92. The van der Waals surface area contributed by atoms with Crippen molar-refractivity contribution in [2.45, 2.75) is 19.8 Å². The Kier molecular flexibility index (Phi) is 2.63. The Hall–Kier alpha value is -1.57. The van der Waals surface area contributed by atoms with E-state index in [1.54, 1.807) is 6.26 Å². The first-order valence-corrected chi connectivity index (χ1v) is 4.90. The zero-order valence-electron chi connectivity index (χ0n) is 8.23. The number of nitrogens with zero attached hydrogens (tertiary/aromatic N) is 1. The van der Waals surface area contributed by atoms with Crippen LogP contribution >= 0.6 is 0 Å². The Morgan fingerprint density at radius 1 is 1.21 bits per heavy atom. The van der Waals surface area contributed by atoms with Crippen molar-refractivity contribution in [2.24, 2.45) is 0 Å². The Morgan fingerprint density at radius 2 is 2.00 bits per heavy atom. The van der Waals surface area contributed by atoms with Crippen LogP contribution in [0.2, 0.25) is 0 Å². The van der Waals surface area contributed by atoms with Gasteiger partial charge in [0.15, 0.2) is 0 Å². The largest absolute Gasteiger partial charge is 0.364 e. The lowest BCUT2D eigenvalue weighted by atomic mass is 10.1. The van der Waals surface area contributed by atoms with Crippen LogP contribution in [0.5, 0.6) is 0 Å². The van der Waals surface area contributed by atoms with E-state index in [1.165, 1.54) is 5.56 Å². The fourth-order valence-corrected chi connectivity index (χ4v) is 1.54. The van der Waals surface area contributed by atoms with Gasteiger partial charge in [0.2, 0.25) is 0 Å². The molecule has 0 spiro atoms. The summed E-state index contributed by atoms with van der Waals surface area (Å²) in [6.45, 7) is 2.15. The summed E-state index contributed by atoms with van der Waals surface area (Å²) in [6, 6.07) is 10.1. The molecule has 0 bridgehead atoms. The smallest absolute Gasteiger partial charge is 0.127 e. The van der Waals surface area contributed by atoms with Crippen LogP contribution in [0.1, 0.15) is 18.9 Å². The van der Waals surface area contributed by atoms with Crippen LogP contribution in [0.3, 0.4) is 0 Å². The molecular weight excluding hydrogens is 174 g/mol. The molecule has 2 aromatic rings.